The Morgan fingerprint density at radius 1 is 1.00 bits per heavy atom. The highest BCUT2D eigenvalue weighted by Gasteiger charge is 2.33. The summed E-state index contributed by atoms with van der Waals surface area (Å²) >= 11 is 0. The van der Waals surface area contributed by atoms with E-state index in [1.165, 1.54) is 21.3 Å². The highest BCUT2D eigenvalue weighted by molar-refractivity contribution is 7.90. The second kappa shape index (κ2) is 7.51. The molecular formula is C20H24N2O6S2. The quantitative estimate of drug-likeness (QED) is 0.705. The molecule has 4 rings (SSSR count). The van der Waals surface area contributed by atoms with E-state index < -0.39 is 25.8 Å². The van der Waals surface area contributed by atoms with Crippen molar-refractivity contribution in [2.75, 3.05) is 30.8 Å². The number of carbonyl (C=O) groups excluding carboxylic acids is 1. The molecule has 0 radical (unpaired) electrons. The molecule has 1 aromatic heterocycles. The van der Waals surface area contributed by atoms with Gasteiger partial charge in [0.05, 0.1) is 4.90 Å². The Morgan fingerprint density at radius 2 is 1.70 bits per heavy atom. The largest absolute Gasteiger partial charge is 0.455 e. The van der Waals surface area contributed by atoms with E-state index in [-0.39, 0.29) is 21.3 Å². The number of carbonyl (C=O) groups is 1. The zero-order chi connectivity index (χ0) is 21.7. The van der Waals surface area contributed by atoms with E-state index in [9.17, 15) is 21.6 Å². The average Bonchev–Trinajstić information content (AvgIpc) is 3.36. The predicted molar refractivity (Wildman–Crippen MR) is 111 cm³/mol. The fourth-order valence-electron chi connectivity index (χ4n) is 4.04. The molecule has 8 nitrogen and oxygen atoms in total. The summed E-state index contributed by atoms with van der Waals surface area (Å²) in [6.07, 6.45) is 4.12. The first-order valence-electron chi connectivity index (χ1n) is 9.84. The Morgan fingerprint density at radius 3 is 2.37 bits per heavy atom. The van der Waals surface area contributed by atoms with Crippen LogP contribution in [0, 0.1) is 6.92 Å². The standard InChI is InChI=1S/C20H24N2O6S2/c1-14-19(30(26,27)21-9-3-4-10-21)13-18(28-14)20(23)22-11-5-6-15-12-16(29(2,24)25)7-8-17(15)22/h7-8,12-13H,3-6,9-11H2,1-2H3. The summed E-state index contributed by atoms with van der Waals surface area (Å²) in [7, 11) is -7.04. The number of rotatable bonds is 4. The Kier molecular flexibility index (Phi) is 5.27. The van der Waals surface area contributed by atoms with Gasteiger partial charge in [0, 0.05) is 37.6 Å². The molecule has 0 aliphatic carbocycles. The number of anilines is 1. The minimum absolute atomic E-state index is 0.0254. The zero-order valence-electron chi connectivity index (χ0n) is 16.9. The van der Waals surface area contributed by atoms with Gasteiger partial charge in [-0.2, -0.15) is 4.31 Å². The van der Waals surface area contributed by atoms with Gasteiger partial charge in [-0.05, 0) is 56.4 Å². The fourth-order valence-corrected chi connectivity index (χ4v) is 6.39. The molecule has 0 bridgehead atoms. The molecule has 0 atom stereocenters. The summed E-state index contributed by atoms with van der Waals surface area (Å²) in [5.74, 6) is -0.283. The van der Waals surface area contributed by atoms with Gasteiger partial charge >= 0.3 is 0 Å². The van der Waals surface area contributed by atoms with Crippen LogP contribution < -0.4 is 4.90 Å². The van der Waals surface area contributed by atoms with Crippen LogP contribution in [-0.4, -0.2) is 52.9 Å². The van der Waals surface area contributed by atoms with Gasteiger partial charge in [0.1, 0.15) is 10.7 Å². The molecule has 10 heteroatoms. The second-order valence-electron chi connectivity index (χ2n) is 7.77. The van der Waals surface area contributed by atoms with Gasteiger partial charge in [-0.1, -0.05) is 0 Å². The number of nitrogens with zero attached hydrogens (tertiary/aromatic N) is 2. The zero-order valence-corrected chi connectivity index (χ0v) is 18.6. The number of fused-ring (bicyclic) bond motifs is 1. The number of hydrogen-bond acceptors (Lipinski definition) is 6. The molecule has 1 amide bonds. The summed E-state index contributed by atoms with van der Waals surface area (Å²) in [6.45, 7) is 2.93. The summed E-state index contributed by atoms with van der Waals surface area (Å²) in [6, 6.07) is 6.02. The van der Waals surface area contributed by atoms with Crippen molar-refractivity contribution in [1.82, 2.24) is 4.31 Å². The minimum Gasteiger partial charge on any atom is -0.455 e. The van der Waals surface area contributed by atoms with Crippen LogP contribution >= 0.6 is 0 Å². The lowest BCUT2D eigenvalue weighted by molar-refractivity contribution is 0.0957. The first-order chi connectivity index (χ1) is 14.1. The Hall–Kier alpha value is -2.17. The molecule has 2 aliphatic rings. The lowest BCUT2D eigenvalue weighted by Gasteiger charge is -2.29. The van der Waals surface area contributed by atoms with Crippen molar-refractivity contribution in [2.45, 2.75) is 42.4 Å². The van der Waals surface area contributed by atoms with Crippen LogP contribution in [0.1, 0.15) is 41.1 Å². The van der Waals surface area contributed by atoms with Crippen molar-refractivity contribution < 1.29 is 26.0 Å². The normalized spacial score (nSPS) is 17.9. The molecule has 1 saturated heterocycles. The highest BCUT2D eigenvalue weighted by atomic mass is 32.2. The Labute approximate surface area is 176 Å². The van der Waals surface area contributed by atoms with E-state index in [0.29, 0.717) is 38.2 Å². The van der Waals surface area contributed by atoms with E-state index in [1.807, 2.05) is 0 Å². The van der Waals surface area contributed by atoms with Crippen molar-refractivity contribution in [3.63, 3.8) is 0 Å². The van der Waals surface area contributed by atoms with Crippen molar-refractivity contribution in [1.29, 1.82) is 0 Å². The van der Waals surface area contributed by atoms with Crippen molar-refractivity contribution in [3.8, 4) is 0 Å². The third-order valence-electron chi connectivity index (χ3n) is 5.61. The van der Waals surface area contributed by atoms with E-state index in [2.05, 4.69) is 0 Å². The van der Waals surface area contributed by atoms with Gasteiger partial charge in [-0.15, -0.1) is 0 Å². The molecular weight excluding hydrogens is 428 g/mol. The second-order valence-corrected chi connectivity index (χ2v) is 11.7. The van der Waals surface area contributed by atoms with Gasteiger partial charge in [0.15, 0.2) is 15.6 Å². The fraction of sp³-hybridized carbons (Fsp3) is 0.450. The third-order valence-corrected chi connectivity index (χ3v) is 8.73. The molecule has 2 aliphatic heterocycles. The molecule has 162 valence electrons. The summed E-state index contributed by atoms with van der Waals surface area (Å²) in [4.78, 5) is 14.9. The van der Waals surface area contributed by atoms with E-state index >= 15 is 0 Å². The van der Waals surface area contributed by atoms with Crippen molar-refractivity contribution in [3.05, 3.63) is 41.3 Å². The van der Waals surface area contributed by atoms with Gasteiger partial charge < -0.3 is 9.32 Å². The molecule has 0 saturated carbocycles. The van der Waals surface area contributed by atoms with Crippen LogP contribution in [0.15, 0.2) is 38.5 Å². The smallest absolute Gasteiger partial charge is 0.294 e. The van der Waals surface area contributed by atoms with Crippen LogP contribution in [-0.2, 0) is 26.3 Å². The van der Waals surface area contributed by atoms with Crippen LogP contribution in [0.25, 0.3) is 0 Å². The highest BCUT2D eigenvalue weighted by Crippen LogP contribution is 2.32. The lowest BCUT2D eigenvalue weighted by atomic mass is 10.0. The van der Waals surface area contributed by atoms with Gasteiger partial charge in [0.2, 0.25) is 10.0 Å². The molecule has 0 N–H and O–H groups in total. The maximum atomic E-state index is 13.2. The number of furan rings is 1. The minimum atomic E-state index is -3.69. The van der Waals surface area contributed by atoms with E-state index in [4.69, 9.17) is 4.42 Å². The van der Waals surface area contributed by atoms with Crippen LogP contribution in [0.5, 0.6) is 0 Å². The van der Waals surface area contributed by atoms with Crippen LogP contribution in [0.4, 0.5) is 5.69 Å². The molecule has 3 heterocycles. The summed E-state index contributed by atoms with van der Waals surface area (Å²) < 4.78 is 56.4. The number of aryl methyl sites for hydroxylation is 2. The van der Waals surface area contributed by atoms with Crippen LogP contribution in [0.3, 0.4) is 0 Å². The first-order valence-corrected chi connectivity index (χ1v) is 13.2. The first kappa shape index (κ1) is 21.1. The maximum absolute atomic E-state index is 13.2. The predicted octanol–water partition coefficient (Wildman–Crippen LogP) is 2.37. The van der Waals surface area contributed by atoms with Gasteiger partial charge in [-0.25, -0.2) is 16.8 Å². The van der Waals surface area contributed by atoms with E-state index in [0.717, 1.165) is 24.7 Å². The molecule has 2 aromatic rings. The van der Waals surface area contributed by atoms with Gasteiger partial charge in [-0.3, -0.25) is 4.79 Å². The SMILES string of the molecule is Cc1oc(C(=O)N2CCCc3cc(S(C)(=O)=O)ccc32)cc1S(=O)(=O)N1CCCC1. The summed E-state index contributed by atoms with van der Waals surface area (Å²) in [5.41, 5.74) is 1.39. The number of amides is 1. The van der Waals surface area contributed by atoms with Crippen molar-refractivity contribution in [2.24, 2.45) is 0 Å². The topological polar surface area (TPSA) is 105 Å². The number of sulfone groups is 1. The molecule has 30 heavy (non-hydrogen) atoms. The number of hydrogen-bond donors (Lipinski definition) is 0. The third kappa shape index (κ3) is 3.67. The molecule has 1 aromatic carbocycles. The summed E-state index contributed by atoms with van der Waals surface area (Å²) in [5, 5.41) is 0. The van der Waals surface area contributed by atoms with Crippen LogP contribution in [0.2, 0.25) is 0 Å². The number of benzene rings is 1. The van der Waals surface area contributed by atoms with Gasteiger partial charge in [0.25, 0.3) is 5.91 Å². The van der Waals surface area contributed by atoms with Crippen molar-refractivity contribution >= 4 is 31.5 Å². The molecule has 0 spiro atoms. The Bertz CT molecular complexity index is 1210. The Balaban J connectivity index is 1.67. The molecule has 1 fully saturated rings. The van der Waals surface area contributed by atoms with E-state index in [1.54, 1.807) is 19.1 Å². The maximum Gasteiger partial charge on any atom is 0.294 e. The molecule has 0 unspecified atom stereocenters. The monoisotopic (exact) mass is 452 g/mol. The average molecular weight is 453 g/mol. The number of sulfonamides is 1. The lowest BCUT2D eigenvalue weighted by Crippen LogP contribution is -2.35.